The van der Waals surface area contributed by atoms with Crippen molar-refractivity contribution in [1.29, 1.82) is 0 Å². The minimum Gasteiger partial charge on any atom is -0.341 e. The lowest BCUT2D eigenvalue weighted by atomic mass is 9.81. The Morgan fingerprint density at radius 2 is 1.95 bits per heavy atom. The van der Waals surface area contributed by atoms with E-state index in [2.05, 4.69) is 25.7 Å². The second-order valence-electron chi connectivity index (χ2n) is 5.52. The lowest BCUT2D eigenvalue weighted by Gasteiger charge is -2.35. The zero-order chi connectivity index (χ0) is 14.3. The van der Waals surface area contributed by atoms with Gasteiger partial charge >= 0.3 is 0 Å². The van der Waals surface area contributed by atoms with E-state index in [1.165, 1.54) is 12.8 Å². The van der Waals surface area contributed by atoms with Gasteiger partial charge in [0.1, 0.15) is 0 Å². The molecule has 0 bridgehead atoms. The van der Waals surface area contributed by atoms with E-state index in [0.717, 1.165) is 38.1 Å². The topological polar surface area (TPSA) is 46.3 Å². The molecule has 1 fully saturated rings. The number of hydrogen-bond donors (Lipinski definition) is 1. The minimum atomic E-state index is -0.328. The van der Waals surface area contributed by atoms with Crippen molar-refractivity contribution in [2.45, 2.75) is 58.1 Å². The zero-order valence-electron chi connectivity index (χ0n) is 13.2. The predicted molar refractivity (Wildman–Crippen MR) is 91.7 cm³/mol. The van der Waals surface area contributed by atoms with Crippen LogP contribution >= 0.6 is 24.2 Å². The summed E-state index contributed by atoms with van der Waals surface area (Å²) in [6.07, 6.45) is 5.33. The highest BCUT2D eigenvalue weighted by atomic mass is 35.5. The lowest BCUT2D eigenvalue weighted by Crippen LogP contribution is -2.49. The molecule has 20 heavy (non-hydrogen) atoms. The maximum atomic E-state index is 12.9. The molecule has 1 saturated heterocycles. The van der Waals surface area contributed by atoms with Crippen molar-refractivity contribution >= 4 is 30.1 Å². The van der Waals surface area contributed by atoms with Gasteiger partial charge in [-0.2, -0.15) is 11.8 Å². The van der Waals surface area contributed by atoms with E-state index in [4.69, 9.17) is 5.73 Å². The van der Waals surface area contributed by atoms with E-state index in [9.17, 15) is 4.79 Å². The van der Waals surface area contributed by atoms with E-state index in [0.29, 0.717) is 17.7 Å². The Bertz CT molecular complexity index is 277. The number of nitrogens with zero attached hydrogens (tertiary/aromatic N) is 1. The average Bonchev–Trinajstić information content (AvgIpc) is 2.67. The number of hydrogen-bond acceptors (Lipinski definition) is 3. The molecule has 0 spiro atoms. The third-order valence-corrected chi connectivity index (χ3v) is 5.71. The fourth-order valence-electron chi connectivity index (χ4n) is 2.92. The van der Waals surface area contributed by atoms with Gasteiger partial charge in [-0.25, -0.2) is 0 Å². The fourth-order valence-corrected chi connectivity index (χ4v) is 4.01. The Hall–Kier alpha value is 0.0700. The summed E-state index contributed by atoms with van der Waals surface area (Å²) in [7, 11) is 0. The predicted octanol–water partition coefficient (Wildman–Crippen LogP) is 3.31. The van der Waals surface area contributed by atoms with Crippen LogP contribution in [-0.4, -0.2) is 41.4 Å². The molecule has 1 heterocycles. The second-order valence-corrected chi connectivity index (χ2v) is 7.09. The summed E-state index contributed by atoms with van der Waals surface area (Å²) in [5.74, 6) is 1.43. The van der Waals surface area contributed by atoms with E-state index >= 15 is 0 Å². The summed E-state index contributed by atoms with van der Waals surface area (Å²) in [5, 5.41) is 0.612. The number of carbonyl (C=O) groups is 1. The van der Waals surface area contributed by atoms with Crippen molar-refractivity contribution in [1.82, 2.24) is 4.90 Å². The first-order chi connectivity index (χ1) is 9.13. The van der Waals surface area contributed by atoms with Crippen molar-refractivity contribution in [3.8, 4) is 0 Å². The van der Waals surface area contributed by atoms with E-state index in [-0.39, 0.29) is 17.8 Å². The van der Waals surface area contributed by atoms with Crippen molar-refractivity contribution in [3.63, 3.8) is 0 Å². The Labute approximate surface area is 134 Å². The number of carbonyl (C=O) groups excluding carboxylic acids is 1. The first-order valence-corrected chi connectivity index (χ1v) is 8.79. The third-order valence-electron chi connectivity index (χ3n) is 4.52. The van der Waals surface area contributed by atoms with Crippen molar-refractivity contribution in [2.75, 3.05) is 25.4 Å². The van der Waals surface area contributed by atoms with Crippen LogP contribution in [-0.2, 0) is 4.79 Å². The zero-order valence-corrected chi connectivity index (χ0v) is 14.8. The van der Waals surface area contributed by atoms with E-state index in [1.54, 1.807) is 0 Å². The molecule has 1 amide bonds. The second kappa shape index (κ2) is 9.91. The Morgan fingerprint density at radius 3 is 2.45 bits per heavy atom. The highest BCUT2D eigenvalue weighted by Gasteiger charge is 2.37. The molecular formula is C15H31ClN2OS. The molecular weight excluding hydrogens is 292 g/mol. The minimum absolute atomic E-state index is 0. The molecule has 0 aliphatic carbocycles. The highest BCUT2D eigenvalue weighted by molar-refractivity contribution is 7.99. The summed E-state index contributed by atoms with van der Waals surface area (Å²) in [6.45, 7) is 8.68. The summed E-state index contributed by atoms with van der Waals surface area (Å²) < 4.78 is 0. The van der Waals surface area contributed by atoms with Gasteiger partial charge in [0.25, 0.3) is 0 Å². The normalized spacial score (nSPS) is 20.2. The molecule has 1 unspecified atom stereocenters. The van der Waals surface area contributed by atoms with Crippen LogP contribution in [0.1, 0.15) is 52.9 Å². The van der Waals surface area contributed by atoms with Crippen LogP contribution in [0.25, 0.3) is 0 Å². The van der Waals surface area contributed by atoms with Gasteiger partial charge in [-0.3, -0.25) is 4.79 Å². The van der Waals surface area contributed by atoms with Crippen LogP contribution in [0.2, 0.25) is 0 Å². The molecule has 0 radical (unpaired) electrons. The molecule has 1 aliphatic rings. The number of amides is 1. The van der Waals surface area contributed by atoms with Crippen LogP contribution in [0.15, 0.2) is 0 Å². The number of nitrogens with two attached hydrogens (primary N) is 1. The first-order valence-electron chi connectivity index (χ1n) is 7.74. The number of rotatable bonds is 6. The first kappa shape index (κ1) is 20.1. The molecule has 1 atom stereocenters. The summed E-state index contributed by atoms with van der Waals surface area (Å²) >= 11 is 2.00. The van der Waals surface area contributed by atoms with Gasteiger partial charge in [0, 0.05) is 24.9 Å². The van der Waals surface area contributed by atoms with Crippen LogP contribution in [0, 0.1) is 5.41 Å². The molecule has 1 aliphatic heterocycles. The van der Waals surface area contributed by atoms with Gasteiger partial charge < -0.3 is 10.6 Å². The fraction of sp³-hybridized carbons (Fsp3) is 0.933. The van der Waals surface area contributed by atoms with Crippen LogP contribution < -0.4 is 5.73 Å². The van der Waals surface area contributed by atoms with Crippen molar-refractivity contribution in [3.05, 3.63) is 0 Å². The van der Waals surface area contributed by atoms with Crippen LogP contribution in [0.4, 0.5) is 0 Å². The van der Waals surface area contributed by atoms with Crippen LogP contribution in [0.3, 0.4) is 0 Å². The van der Waals surface area contributed by atoms with Gasteiger partial charge in [-0.05, 0) is 31.4 Å². The van der Waals surface area contributed by atoms with Gasteiger partial charge in [0.2, 0.25) is 5.91 Å². The van der Waals surface area contributed by atoms with Gasteiger partial charge in [-0.1, -0.05) is 27.2 Å². The standard InChI is InChI=1S/C15H30N2OS.ClH/c1-4-15(5-2,12-16)14(18)17-10-8-7-9-13(11-17)19-6-3;/h13H,4-12,16H2,1-3H3;1H. The molecule has 2 N–H and O–H groups in total. The van der Waals surface area contributed by atoms with Gasteiger partial charge in [0.05, 0.1) is 5.41 Å². The summed E-state index contributed by atoms with van der Waals surface area (Å²) in [6, 6.07) is 0. The van der Waals surface area contributed by atoms with Gasteiger partial charge in [0.15, 0.2) is 0 Å². The molecule has 5 heteroatoms. The van der Waals surface area contributed by atoms with Crippen molar-refractivity contribution < 1.29 is 4.79 Å². The smallest absolute Gasteiger partial charge is 0.230 e. The largest absolute Gasteiger partial charge is 0.341 e. The van der Waals surface area contributed by atoms with Gasteiger partial charge in [-0.15, -0.1) is 12.4 Å². The molecule has 1 rings (SSSR count). The number of halogens is 1. The number of thioether (sulfide) groups is 1. The van der Waals surface area contributed by atoms with E-state index < -0.39 is 0 Å². The lowest BCUT2D eigenvalue weighted by molar-refractivity contribution is -0.142. The molecule has 120 valence electrons. The molecule has 0 aromatic heterocycles. The molecule has 3 nitrogen and oxygen atoms in total. The van der Waals surface area contributed by atoms with Crippen molar-refractivity contribution in [2.24, 2.45) is 11.1 Å². The highest BCUT2D eigenvalue weighted by Crippen LogP contribution is 2.30. The Kier molecular flexibility index (Phi) is 9.94. The Balaban J connectivity index is 0.00000361. The summed E-state index contributed by atoms with van der Waals surface area (Å²) in [5.41, 5.74) is 5.59. The molecule has 0 aromatic rings. The monoisotopic (exact) mass is 322 g/mol. The average molecular weight is 323 g/mol. The van der Waals surface area contributed by atoms with E-state index in [1.807, 2.05) is 11.8 Å². The van der Waals surface area contributed by atoms with Crippen LogP contribution in [0.5, 0.6) is 0 Å². The SMILES string of the molecule is CCSC1CCCCN(C(=O)C(CC)(CC)CN)C1.Cl. The Morgan fingerprint density at radius 1 is 1.30 bits per heavy atom. The molecule has 0 saturated carbocycles. The number of likely N-dealkylation sites (tertiary alicyclic amines) is 1. The quantitative estimate of drug-likeness (QED) is 0.816. The maximum Gasteiger partial charge on any atom is 0.230 e. The molecule has 0 aromatic carbocycles. The summed E-state index contributed by atoms with van der Waals surface area (Å²) in [4.78, 5) is 15.0. The third kappa shape index (κ3) is 4.81. The maximum absolute atomic E-state index is 12.9.